The molecule has 0 aliphatic rings. The van der Waals surface area contributed by atoms with E-state index in [1.807, 2.05) is 0 Å². The number of hydrogen-bond acceptors (Lipinski definition) is 5. The van der Waals surface area contributed by atoms with Crippen molar-refractivity contribution < 1.29 is 24.2 Å². The zero-order chi connectivity index (χ0) is 13.6. The van der Waals surface area contributed by atoms with Crippen molar-refractivity contribution in [2.75, 3.05) is 0 Å². The third kappa shape index (κ3) is 9.81. The number of rotatable bonds is 5. The molecule has 0 amide bonds. The Labute approximate surface area is 102 Å². The average molecular weight is 246 g/mol. The molecule has 0 spiro atoms. The van der Waals surface area contributed by atoms with Gasteiger partial charge in [-0.15, -0.1) is 0 Å². The molecule has 0 bridgehead atoms. The number of aliphatic hydroxyl groups excluding tert-OH is 1. The fourth-order valence-electron chi connectivity index (χ4n) is 1.17. The normalized spacial score (nSPS) is 14.9. The van der Waals surface area contributed by atoms with E-state index < -0.39 is 29.7 Å². The number of aliphatic hydroxyl groups is 1. The predicted octanol–water partition coefficient (Wildman–Crippen LogP) is 1.42. The molecule has 0 saturated heterocycles. The highest BCUT2D eigenvalue weighted by Crippen LogP contribution is 2.10. The van der Waals surface area contributed by atoms with Gasteiger partial charge >= 0.3 is 11.9 Å². The van der Waals surface area contributed by atoms with Crippen LogP contribution in [0.2, 0.25) is 0 Å². The van der Waals surface area contributed by atoms with Gasteiger partial charge in [0, 0.05) is 0 Å². The van der Waals surface area contributed by atoms with E-state index in [0.29, 0.717) is 0 Å². The third-order valence-electron chi connectivity index (χ3n) is 1.67. The highest BCUT2D eigenvalue weighted by atomic mass is 16.6. The maximum absolute atomic E-state index is 11.4. The summed E-state index contributed by atoms with van der Waals surface area (Å²) >= 11 is 0. The van der Waals surface area contributed by atoms with Crippen molar-refractivity contribution in [3.63, 3.8) is 0 Å². The molecule has 0 aliphatic heterocycles. The Bertz CT molecular complexity index is 265. The Morgan fingerprint density at radius 1 is 1.12 bits per heavy atom. The van der Waals surface area contributed by atoms with E-state index in [9.17, 15) is 9.59 Å². The van der Waals surface area contributed by atoms with Gasteiger partial charge in [0.2, 0.25) is 0 Å². The minimum absolute atomic E-state index is 0.0167. The van der Waals surface area contributed by atoms with Gasteiger partial charge in [-0.1, -0.05) is 0 Å². The first-order chi connectivity index (χ1) is 7.60. The minimum Gasteiger partial charge on any atom is -0.462 e. The lowest BCUT2D eigenvalue weighted by molar-refractivity contribution is -0.161. The Hall–Kier alpha value is -1.10. The second-order valence-corrected chi connectivity index (χ2v) is 5.14. The van der Waals surface area contributed by atoms with Crippen molar-refractivity contribution in [3.05, 3.63) is 0 Å². The van der Waals surface area contributed by atoms with E-state index in [0.717, 1.165) is 0 Å². The van der Waals surface area contributed by atoms with Crippen LogP contribution in [0.25, 0.3) is 0 Å². The summed E-state index contributed by atoms with van der Waals surface area (Å²) in [6.45, 7) is 8.43. The average Bonchev–Trinajstić information content (AvgIpc) is 1.95. The molecule has 0 aliphatic carbocycles. The van der Waals surface area contributed by atoms with Crippen molar-refractivity contribution in [2.24, 2.45) is 0 Å². The fraction of sp³-hybridized carbons (Fsp3) is 0.833. The zero-order valence-corrected chi connectivity index (χ0v) is 11.1. The predicted molar refractivity (Wildman–Crippen MR) is 62.3 cm³/mol. The molecule has 0 aromatic rings. The third-order valence-corrected chi connectivity index (χ3v) is 1.67. The first kappa shape index (κ1) is 15.9. The van der Waals surface area contributed by atoms with Crippen LogP contribution in [0.3, 0.4) is 0 Å². The van der Waals surface area contributed by atoms with Gasteiger partial charge in [0.15, 0.2) is 0 Å². The molecule has 0 aromatic heterocycles. The van der Waals surface area contributed by atoms with E-state index in [1.54, 1.807) is 27.7 Å². The van der Waals surface area contributed by atoms with Gasteiger partial charge in [0.25, 0.3) is 0 Å². The molecular formula is C12H22O5. The van der Waals surface area contributed by atoms with Crippen LogP contribution < -0.4 is 0 Å². The molecule has 0 fully saturated rings. The minimum atomic E-state index is -0.740. The maximum Gasteiger partial charge on any atom is 0.310 e. The summed E-state index contributed by atoms with van der Waals surface area (Å²) in [5.74, 6) is -0.925. The summed E-state index contributed by atoms with van der Waals surface area (Å²) in [6.07, 6.45) is -1.34. The van der Waals surface area contributed by atoms with Gasteiger partial charge in [-0.2, -0.15) is 0 Å². The Balaban J connectivity index is 3.97. The number of esters is 2. The van der Waals surface area contributed by atoms with E-state index in [1.165, 1.54) is 6.92 Å². The summed E-state index contributed by atoms with van der Waals surface area (Å²) in [4.78, 5) is 22.6. The van der Waals surface area contributed by atoms with Crippen LogP contribution in [-0.4, -0.2) is 34.9 Å². The van der Waals surface area contributed by atoms with Crippen LogP contribution in [0, 0.1) is 0 Å². The van der Waals surface area contributed by atoms with E-state index >= 15 is 0 Å². The van der Waals surface area contributed by atoms with E-state index in [-0.39, 0.29) is 12.8 Å². The van der Waals surface area contributed by atoms with Crippen molar-refractivity contribution >= 4 is 11.9 Å². The lowest BCUT2D eigenvalue weighted by atomic mass is 10.2. The van der Waals surface area contributed by atoms with Crippen LogP contribution >= 0.6 is 0 Å². The van der Waals surface area contributed by atoms with Crippen molar-refractivity contribution in [3.8, 4) is 0 Å². The largest absolute Gasteiger partial charge is 0.462 e. The van der Waals surface area contributed by atoms with Gasteiger partial charge in [-0.25, -0.2) is 0 Å². The topological polar surface area (TPSA) is 72.8 Å². The van der Waals surface area contributed by atoms with Crippen molar-refractivity contribution in [1.29, 1.82) is 0 Å². The highest BCUT2D eigenvalue weighted by molar-refractivity contribution is 5.73. The molecule has 17 heavy (non-hydrogen) atoms. The van der Waals surface area contributed by atoms with Crippen LogP contribution in [0.1, 0.15) is 47.5 Å². The molecule has 0 saturated carbocycles. The van der Waals surface area contributed by atoms with Gasteiger partial charge in [-0.05, 0) is 34.6 Å². The van der Waals surface area contributed by atoms with Crippen LogP contribution in [0.4, 0.5) is 0 Å². The van der Waals surface area contributed by atoms with Gasteiger partial charge in [0.05, 0.1) is 18.9 Å². The zero-order valence-electron chi connectivity index (χ0n) is 11.1. The summed E-state index contributed by atoms with van der Waals surface area (Å²) in [5, 5.41) is 8.98. The summed E-state index contributed by atoms with van der Waals surface area (Å²) in [7, 11) is 0. The molecule has 100 valence electrons. The quantitative estimate of drug-likeness (QED) is 0.743. The molecule has 2 atom stereocenters. The SMILES string of the molecule is C[C@H](CC(=O)OC(C)(C)C)OC(=O)C[C@@H](C)O. The van der Waals surface area contributed by atoms with Gasteiger partial charge in [-0.3, -0.25) is 9.59 Å². The monoisotopic (exact) mass is 246 g/mol. The Morgan fingerprint density at radius 2 is 1.65 bits per heavy atom. The Kier molecular flexibility index (Phi) is 6.16. The number of ether oxygens (including phenoxy) is 2. The number of carbonyl (C=O) groups excluding carboxylic acids is 2. The van der Waals surface area contributed by atoms with Crippen molar-refractivity contribution in [1.82, 2.24) is 0 Å². The number of carbonyl (C=O) groups is 2. The molecule has 0 unspecified atom stereocenters. The first-order valence-corrected chi connectivity index (χ1v) is 5.69. The summed E-state index contributed by atoms with van der Waals surface area (Å²) < 4.78 is 10.0. The fourth-order valence-corrected chi connectivity index (χ4v) is 1.17. The molecular weight excluding hydrogens is 224 g/mol. The molecule has 1 N–H and O–H groups in total. The lowest BCUT2D eigenvalue weighted by Gasteiger charge is -2.21. The standard InChI is InChI=1S/C12H22O5/c1-8(13)6-10(14)16-9(2)7-11(15)17-12(3,4)5/h8-9,13H,6-7H2,1-5H3/t8-,9-/m1/s1. The highest BCUT2D eigenvalue weighted by Gasteiger charge is 2.20. The van der Waals surface area contributed by atoms with E-state index in [2.05, 4.69) is 0 Å². The molecule has 0 heterocycles. The molecule has 0 rings (SSSR count). The molecule has 0 aromatic carbocycles. The molecule has 0 radical (unpaired) electrons. The lowest BCUT2D eigenvalue weighted by Crippen LogP contribution is -2.27. The van der Waals surface area contributed by atoms with Gasteiger partial charge in [0.1, 0.15) is 11.7 Å². The smallest absolute Gasteiger partial charge is 0.310 e. The second kappa shape index (κ2) is 6.59. The summed E-state index contributed by atoms with van der Waals surface area (Å²) in [6, 6.07) is 0. The summed E-state index contributed by atoms with van der Waals surface area (Å²) in [5.41, 5.74) is -0.541. The molecule has 5 heteroatoms. The Morgan fingerprint density at radius 3 is 2.06 bits per heavy atom. The maximum atomic E-state index is 11.4. The van der Waals surface area contributed by atoms with Crippen molar-refractivity contribution in [2.45, 2.75) is 65.3 Å². The van der Waals surface area contributed by atoms with E-state index in [4.69, 9.17) is 14.6 Å². The first-order valence-electron chi connectivity index (χ1n) is 5.69. The van der Waals surface area contributed by atoms with Gasteiger partial charge < -0.3 is 14.6 Å². The van der Waals surface area contributed by atoms with Crippen LogP contribution in [-0.2, 0) is 19.1 Å². The second-order valence-electron chi connectivity index (χ2n) is 5.14. The molecule has 5 nitrogen and oxygen atoms in total. The number of hydrogen-bond donors (Lipinski definition) is 1. The van der Waals surface area contributed by atoms with Crippen LogP contribution in [0.15, 0.2) is 0 Å². The van der Waals surface area contributed by atoms with Crippen LogP contribution in [0.5, 0.6) is 0 Å².